The van der Waals surface area contributed by atoms with Crippen LogP contribution in [0.1, 0.15) is 180 Å². The number of hydrogen-bond acceptors (Lipinski definition) is 2. The minimum Gasteiger partial charge on any atom is -0.285 e. The maximum atomic E-state index is 12.7. The summed E-state index contributed by atoms with van der Waals surface area (Å²) in [4.78, 5) is 0. The second-order valence-electron chi connectivity index (χ2n) is 13.7. The molecule has 252 valence electrons. The van der Waals surface area contributed by atoms with E-state index in [1.165, 1.54) is 140 Å². The van der Waals surface area contributed by atoms with Gasteiger partial charge >= 0.3 is 0 Å². The summed E-state index contributed by atoms with van der Waals surface area (Å²) in [5, 5.41) is -0.694. The van der Waals surface area contributed by atoms with Crippen molar-refractivity contribution in [1.29, 1.82) is 0 Å². The van der Waals surface area contributed by atoms with Crippen LogP contribution < -0.4 is 0 Å². The highest BCUT2D eigenvalue weighted by atomic mass is 32.2. The second-order valence-corrected chi connectivity index (χ2v) is 19.9. The smallest absolute Gasteiger partial charge is 0.268 e. The van der Waals surface area contributed by atoms with E-state index in [-0.39, 0.29) is 0 Å². The van der Waals surface area contributed by atoms with Crippen LogP contribution in [0.5, 0.6) is 0 Å². The SMILES string of the molecule is CCCCCCCC[P+](CCCCCCCC)(CCCCCCCC)CCC(Cc1ccc(C(C)CC)cc1)S(=O)(=O)O. The van der Waals surface area contributed by atoms with Gasteiger partial charge in [-0.2, -0.15) is 8.42 Å². The lowest BCUT2D eigenvalue weighted by Gasteiger charge is -2.30. The standard InChI is InChI=1S/C38H71O3PS/c1-6-10-13-16-19-22-30-42(31-23-20-17-14-11-7-2,32-24-21-18-15-12-8-3)33-29-38(43(39,40)41)34-36-25-27-37(28-26-36)35(5)9-4/h25-28,35,38H,6-24,29-34H2,1-5H3/p+1. The molecule has 1 aromatic carbocycles. The molecule has 2 unspecified atom stereocenters. The molecule has 1 aromatic rings. The maximum Gasteiger partial charge on any atom is 0.268 e. The summed E-state index contributed by atoms with van der Waals surface area (Å²) in [5.41, 5.74) is 2.33. The molecule has 0 saturated heterocycles. The van der Waals surface area contributed by atoms with Crippen molar-refractivity contribution in [2.75, 3.05) is 24.6 Å². The summed E-state index contributed by atoms with van der Waals surface area (Å²) >= 11 is 0. The Morgan fingerprint density at radius 1 is 0.605 bits per heavy atom. The Bertz CT molecular complexity index is 842. The highest BCUT2D eigenvalue weighted by Gasteiger charge is 2.38. The molecular weight excluding hydrogens is 567 g/mol. The van der Waals surface area contributed by atoms with E-state index < -0.39 is 22.6 Å². The average Bonchev–Trinajstić information content (AvgIpc) is 2.99. The minimum atomic E-state index is -4.11. The summed E-state index contributed by atoms with van der Waals surface area (Å²) in [6.45, 7) is 11.3. The summed E-state index contributed by atoms with van der Waals surface area (Å²) in [6, 6.07) is 8.48. The minimum absolute atomic E-state index is 0.421. The Morgan fingerprint density at radius 3 is 1.37 bits per heavy atom. The van der Waals surface area contributed by atoms with Crippen molar-refractivity contribution in [2.24, 2.45) is 0 Å². The van der Waals surface area contributed by atoms with Gasteiger partial charge < -0.3 is 0 Å². The first kappa shape index (κ1) is 40.6. The lowest BCUT2D eigenvalue weighted by molar-refractivity contribution is 0.463. The van der Waals surface area contributed by atoms with Gasteiger partial charge in [0.25, 0.3) is 10.1 Å². The quantitative estimate of drug-likeness (QED) is 0.0539. The van der Waals surface area contributed by atoms with Gasteiger partial charge in [0.1, 0.15) is 0 Å². The Morgan fingerprint density at radius 2 is 1.00 bits per heavy atom. The molecule has 43 heavy (non-hydrogen) atoms. The normalized spacial score (nSPS) is 13.8. The van der Waals surface area contributed by atoms with Gasteiger partial charge in [0.15, 0.2) is 0 Å². The van der Waals surface area contributed by atoms with Crippen LogP contribution in [-0.4, -0.2) is 42.9 Å². The molecule has 0 bridgehead atoms. The third-order valence-corrected chi connectivity index (χ3v) is 16.2. The molecule has 0 radical (unpaired) electrons. The van der Waals surface area contributed by atoms with E-state index in [1.807, 2.05) is 0 Å². The molecule has 2 atom stereocenters. The molecule has 0 aromatic heterocycles. The van der Waals surface area contributed by atoms with Gasteiger partial charge in [-0.15, -0.1) is 0 Å². The largest absolute Gasteiger partial charge is 0.285 e. The molecule has 0 fully saturated rings. The Hall–Kier alpha value is -0.440. The first-order valence-corrected chi connectivity index (χ1v) is 22.6. The molecule has 0 amide bonds. The molecule has 1 rings (SSSR count). The van der Waals surface area contributed by atoms with E-state index in [2.05, 4.69) is 58.9 Å². The van der Waals surface area contributed by atoms with E-state index in [0.717, 1.165) is 18.1 Å². The van der Waals surface area contributed by atoms with Crippen LogP contribution in [0.3, 0.4) is 0 Å². The monoisotopic (exact) mass is 639 g/mol. The van der Waals surface area contributed by atoms with E-state index in [9.17, 15) is 13.0 Å². The highest BCUT2D eigenvalue weighted by Crippen LogP contribution is 2.61. The molecule has 0 aliphatic heterocycles. The van der Waals surface area contributed by atoms with Crippen molar-refractivity contribution in [2.45, 2.75) is 181 Å². The van der Waals surface area contributed by atoms with Crippen molar-refractivity contribution in [3.05, 3.63) is 35.4 Å². The lowest BCUT2D eigenvalue weighted by Crippen LogP contribution is -2.26. The van der Waals surface area contributed by atoms with Crippen molar-refractivity contribution in [3.63, 3.8) is 0 Å². The van der Waals surface area contributed by atoms with E-state index in [4.69, 9.17) is 0 Å². The zero-order chi connectivity index (χ0) is 31.8. The molecule has 5 heteroatoms. The molecule has 0 aliphatic carbocycles. The van der Waals surface area contributed by atoms with Crippen LogP contribution >= 0.6 is 7.26 Å². The predicted molar refractivity (Wildman–Crippen MR) is 195 cm³/mol. The zero-order valence-corrected chi connectivity index (χ0v) is 31.0. The molecular formula is C38H72O3PS+. The van der Waals surface area contributed by atoms with Crippen LogP contribution in [0.15, 0.2) is 24.3 Å². The van der Waals surface area contributed by atoms with Crippen LogP contribution in [0, 0.1) is 0 Å². The Kier molecular flexibility index (Phi) is 23.4. The van der Waals surface area contributed by atoms with Gasteiger partial charge in [-0.05, 0) is 68.4 Å². The molecule has 3 nitrogen and oxygen atoms in total. The van der Waals surface area contributed by atoms with Gasteiger partial charge in [-0.1, -0.05) is 136 Å². The third kappa shape index (κ3) is 19.0. The fourth-order valence-corrected chi connectivity index (χ4v) is 12.5. The van der Waals surface area contributed by atoms with Crippen molar-refractivity contribution >= 4 is 17.4 Å². The van der Waals surface area contributed by atoms with Gasteiger partial charge in [0.2, 0.25) is 0 Å². The van der Waals surface area contributed by atoms with Gasteiger partial charge in [-0.25, -0.2) is 0 Å². The van der Waals surface area contributed by atoms with Gasteiger partial charge in [-0.3, -0.25) is 4.55 Å². The molecule has 0 heterocycles. The average molecular weight is 640 g/mol. The topological polar surface area (TPSA) is 54.4 Å². The second kappa shape index (κ2) is 24.7. The van der Waals surface area contributed by atoms with E-state index in [1.54, 1.807) is 0 Å². The third-order valence-electron chi connectivity index (χ3n) is 9.93. The van der Waals surface area contributed by atoms with Crippen molar-refractivity contribution in [1.82, 2.24) is 0 Å². The molecule has 0 spiro atoms. The van der Waals surface area contributed by atoms with Crippen LogP contribution in [0.4, 0.5) is 0 Å². The zero-order valence-electron chi connectivity index (χ0n) is 29.3. The Labute approximate surface area is 270 Å². The predicted octanol–water partition coefficient (Wildman–Crippen LogP) is 12.5. The van der Waals surface area contributed by atoms with Crippen LogP contribution in [-0.2, 0) is 16.5 Å². The molecule has 0 saturated carbocycles. The van der Waals surface area contributed by atoms with Crippen LogP contribution in [0.2, 0.25) is 0 Å². The Balaban J connectivity index is 3.05. The van der Waals surface area contributed by atoms with Crippen molar-refractivity contribution in [3.8, 4) is 0 Å². The van der Waals surface area contributed by atoms with E-state index in [0.29, 0.717) is 18.8 Å². The number of rotatable bonds is 29. The molecule has 1 N–H and O–H groups in total. The van der Waals surface area contributed by atoms with Crippen LogP contribution in [0.25, 0.3) is 0 Å². The summed E-state index contributed by atoms with van der Waals surface area (Å²) in [5.74, 6) is 0.503. The van der Waals surface area contributed by atoms with Crippen molar-refractivity contribution < 1.29 is 13.0 Å². The summed E-state index contributed by atoms with van der Waals surface area (Å²) in [6.07, 6.45) is 30.9. The van der Waals surface area contributed by atoms with Gasteiger partial charge in [0.05, 0.1) is 29.9 Å². The summed E-state index contributed by atoms with van der Waals surface area (Å²) in [7, 11) is -5.40. The summed E-state index contributed by atoms with van der Waals surface area (Å²) < 4.78 is 35.8. The lowest BCUT2D eigenvalue weighted by atomic mass is 9.96. The van der Waals surface area contributed by atoms with Gasteiger partial charge in [0, 0.05) is 13.7 Å². The highest BCUT2D eigenvalue weighted by molar-refractivity contribution is 7.86. The fourth-order valence-electron chi connectivity index (χ4n) is 6.61. The number of benzene rings is 1. The fraction of sp³-hybridized carbons (Fsp3) is 0.842. The number of hydrogen-bond donors (Lipinski definition) is 1. The van der Waals surface area contributed by atoms with E-state index >= 15 is 0 Å². The first-order chi connectivity index (χ1) is 20.7. The first-order valence-electron chi connectivity index (χ1n) is 18.6. The number of unbranched alkanes of at least 4 members (excludes halogenated alkanes) is 15. The maximum absolute atomic E-state index is 12.7. The molecule has 0 aliphatic rings.